The van der Waals surface area contributed by atoms with Crippen LogP contribution < -0.4 is 5.32 Å². The van der Waals surface area contributed by atoms with E-state index in [9.17, 15) is 9.59 Å². The molecule has 7 nitrogen and oxygen atoms in total. The lowest BCUT2D eigenvalue weighted by atomic mass is 10.1. The Bertz CT molecular complexity index is 1050. The highest BCUT2D eigenvalue weighted by molar-refractivity contribution is 6.35. The summed E-state index contributed by atoms with van der Waals surface area (Å²) in [5, 5.41) is 7.44. The minimum atomic E-state index is -0.573. The van der Waals surface area contributed by atoms with E-state index in [1.54, 1.807) is 23.1 Å². The van der Waals surface area contributed by atoms with Crippen LogP contribution in [0.1, 0.15) is 29.0 Å². The molecule has 1 aliphatic rings. The maximum atomic E-state index is 12.9. The molecule has 3 aromatic rings. The lowest BCUT2D eigenvalue weighted by Crippen LogP contribution is -2.45. The van der Waals surface area contributed by atoms with Crippen molar-refractivity contribution in [3.63, 3.8) is 0 Å². The predicted molar refractivity (Wildman–Crippen MR) is 112 cm³/mol. The summed E-state index contributed by atoms with van der Waals surface area (Å²) in [4.78, 5) is 31.5. The maximum absolute atomic E-state index is 12.9. The molecule has 1 saturated heterocycles. The predicted octanol–water partition coefficient (Wildman–Crippen LogP) is 3.96. The van der Waals surface area contributed by atoms with Gasteiger partial charge in [-0.25, -0.2) is 0 Å². The number of nitrogens with one attached hydrogen (secondary N) is 1. The second kappa shape index (κ2) is 8.85. The molecule has 2 aromatic carbocycles. The van der Waals surface area contributed by atoms with E-state index in [4.69, 9.17) is 27.7 Å². The number of halogens is 2. The van der Waals surface area contributed by atoms with Gasteiger partial charge in [0.2, 0.25) is 5.91 Å². The van der Waals surface area contributed by atoms with Crippen LogP contribution >= 0.6 is 23.2 Å². The first-order valence-electron chi connectivity index (χ1n) is 9.44. The van der Waals surface area contributed by atoms with Gasteiger partial charge >= 0.3 is 0 Å². The van der Waals surface area contributed by atoms with Crippen LogP contribution in [0.2, 0.25) is 10.0 Å². The fraction of sp³-hybridized carbons (Fsp3) is 0.238. The Kier molecular flexibility index (Phi) is 6.01. The van der Waals surface area contributed by atoms with Crippen LogP contribution in [0.3, 0.4) is 0 Å². The first kappa shape index (κ1) is 20.4. The van der Waals surface area contributed by atoms with E-state index in [1.807, 2.05) is 30.3 Å². The zero-order chi connectivity index (χ0) is 21.1. The molecule has 1 aromatic heterocycles. The van der Waals surface area contributed by atoms with Crippen molar-refractivity contribution in [2.24, 2.45) is 0 Å². The smallest absolute Gasteiger partial charge is 0.257 e. The van der Waals surface area contributed by atoms with Crippen LogP contribution in [0.4, 0.5) is 0 Å². The second-order valence-corrected chi connectivity index (χ2v) is 7.79. The van der Waals surface area contributed by atoms with E-state index in [-0.39, 0.29) is 18.4 Å². The minimum absolute atomic E-state index is 0.108. The van der Waals surface area contributed by atoms with Gasteiger partial charge in [-0.15, -0.1) is 0 Å². The largest absolute Gasteiger partial charge is 0.347 e. The van der Waals surface area contributed by atoms with E-state index in [1.165, 1.54) is 0 Å². The Labute approximate surface area is 183 Å². The van der Waals surface area contributed by atoms with E-state index in [0.29, 0.717) is 40.3 Å². The van der Waals surface area contributed by atoms with Crippen LogP contribution in [0.15, 0.2) is 53.1 Å². The van der Waals surface area contributed by atoms with Crippen LogP contribution in [-0.2, 0) is 11.3 Å². The summed E-state index contributed by atoms with van der Waals surface area (Å²) in [6, 6.07) is 13.5. The molecule has 1 N–H and O–H groups in total. The third-order valence-electron chi connectivity index (χ3n) is 4.84. The number of amides is 2. The molecule has 154 valence electrons. The lowest BCUT2D eigenvalue weighted by molar-refractivity contribution is -0.125. The molecule has 2 heterocycles. The monoisotopic (exact) mass is 444 g/mol. The van der Waals surface area contributed by atoms with Crippen molar-refractivity contribution in [3.05, 3.63) is 70.0 Å². The summed E-state index contributed by atoms with van der Waals surface area (Å²) in [5.74, 6) is 0.207. The number of benzene rings is 2. The van der Waals surface area contributed by atoms with Gasteiger partial charge in [0.15, 0.2) is 5.82 Å². The summed E-state index contributed by atoms with van der Waals surface area (Å²) in [6.07, 6.45) is 1.31. The molecular formula is C21H18Cl2N4O3. The summed E-state index contributed by atoms with van der Waals surface area (Å²) < 4.78 is 5.25. The zero-order valence-electron chi connectivity index (χ0n) is 15.8. The fourth-order valence-corrected chi connectivity index (χ4v) is 3.96. The van der Waals surface area contributed by atoms with Crippen LogP contribution in [0, 0.1) is 0 Å². The Morgan fingerprint density at radius 2 is 1.87 bits per heavy atom. The molecule has 0 spiro atoms. The van der Waals surface area contributed by atoms with Crippen LogP contribution in [0.25, 0.3) is 11.5 Å². The first-order valence-corrected chi connectivity index (χ1v) is 10.2. The number of hydrogen-bond donors (Lipinski definition) is 1. The van der Waals surface area contributed by atoms with Crippen LogP contribution in [0.5, 0.6) is 0 Å². The first-order chi connectivity index (χ1) is 14.5. The van der Waals surface area contributed by atoms with Crippen molar-refractivity contribution >= 4 is 35.0 Å². The van der Waals surface area contributed by atoms with E-state index in [2.05, 4.69) is 15.5 Å². The Hall–Kier alpha value is -2.90. The highest BCUT2D eigenvalue weighted by Gasteiger charge is 2.34. The highest BCUT2D eigenvalue weighted by Crippen LogP contribution is 2.24. The third kappa shape index (κ3) is 4.47. The number of aromatic nitrogens is 2. The van der Waals surface area contributed by atoms with Crippen molar-refractivity contribution < 1.29 is 14.1 Å². The Morgan fingerprint density at radius 3 is 2.60 bits per heavy atom. The van der Waals surface area contributed by atoms with Gasteiger partial charge in [0.1, 0.15) is 6.04 Å². The van der Waals surface area contributed by atoms with Gasteiger partial charge < -0.3 is 14.7 Å². The zero-order valence-corrected chi connectivity index (χ0v) is 17.4. The fourth-order valence-electron chi connectivity index (χ4n) is 3.43. The number of nitrogens with zero attached hydrogens (tertiary/aromatic N) is 3. The summed E-state index contributed by atoms with van der Waals surface area (Å²) >= 11 is 12.0. The molecule has 9 heteroatoms. The van der Waals surface area contributed by atoms with E-state index in [0.717, 1.165) is 12.0 Å². The molecule has 0 bridgehead atoms. The van der Waals surface area contributed by atoms with Gasteiger partial charge in [0.05, 0.1) is 6.54 Å². The molecule has 1 atom stereocenters. The van der Waals surface area contributed by atoms with Crippen molar-refractivity contribution in [2.45, 2.75) is 25.4 Å². The van der Waals surface area contributed by atoms with Gasteiger partial charge in [-0.1, -0.05) is 46.6 Å². The molecule has 0 unspecified atom stereocenters. The van der Waals surface area contributed by atoms with Gasteiger partial charge in [-0.3, -0.25) is 9.59 Å². The molecule has 4 rings (SSSR count). The molecule has 1 fully saturated rings. The van der Waals surface area contributed by atoms with Crippen molar-refractivity contribution in [1.29, 1.82) is 0 Å². The number of hydrogen-bond acceptors (Lipinski definition) is 5. The third-order valence-corrected chi connectivity index (χ3v) is 5.27. The SMILES string of the molecule is O=C(NCc1noc(-c2ccccc2)n1)[C@H]1CCCN1C(=O)c1cc(Cl)cc(Cl)c1. The molecular weight excluding hydrogens is 427 g/mol. The van der Waals surface area contributed by atoms with Crippen molar-refractivity contribution in [2.75, 3.05) is 6.54 Å². The number of carbonyl (C=O) groups excluding carboxylic acids is 2. The number of likely N-dealkylation sites (tertiary alicyclic amines) is 1. The van der Waals surface area contributed by atoms with Gasteiger partial charge in [0, 0.05) is 27.7 Å². The topological polar surface area (TPSA) is 88.3 Å². The molecule has 1 aliphatic heterocycles. The Balaban J connectivity index is 1.40. The number of carbonyl (C=O) groups is 2. The molecule has 0 aliphatic carbocycles. The van der Waals surface area contributed by atoms with Crippen molar-refractivity contribution in [3.8, 4) is 11.5 Å². The van der Waals surface area contributed by atoms with Gasteiger partial charge in [-0.2, -0.15) is 4.98 Å². The quantitative estimate of drug-likeness (QED) is 0.642. The molecule has 0 radical (unpaired) electrons. The maximum Gasteiger partial charge on any atom is 0.257 e. The summed E-state index contributed by atoms with van der Waals surface area (Å²) in [7, 11) is 0. The minimum Gasteiger partial charge on any atom is -0.347 e. The molecule has 30 heavy (non-hydrogen) atoms. The van der Waals surface area contributed by atoms with Crippen LogP contribution in [-0.4, -0.2) is 39.4 Å². The van der Waals surface area contributed by atoms with Gasteiger partial charge in [-0.05, 0) is 43.2 Å². The normalized spacial score (nSPS) is 15.9. The standard InChI is InChI=1S/C21H18Cl2N4O3/c22-15-9-14(10-16(23)11-15)21(29)27-8-4-7-17(27)19(28)24-12-18-25-20(30-26-18)13-5-2-1-3-6-13/h1-3,5-6,9-11,17H,4,7-8,12H2,(H,24,28)/t17-/m1/s1. The van der Waals surface area contributed by atoms with E-state index >= 15 is 0 Å². The average Bonchev–Trinajstić information content (AvgIpc) is 3.41. The van der Waals surface area contributed by atoms with Gasteiger partial charge in [0.25, 0.3) is 11.8 Å². The number of rotatable bonds is 5. The van der Waals surface area contributed by atoms with E-state index < -0.39 is 6.04 Å². The lowest BCUT2D eigenvalue weighted by Gasteiger charge is -2.24. The second-order valence-electron chi connectivity index (χ2n) is 6.91. The Morgan fingerprint density at radius 1 is 1.13 bits per heavy atom. The highest BCUT2D eigenvalue weighted by atomic mass is 35.5. The van der Waals surface area contributed by atoms with Crippen molar-refractivity contribution in [1.82, 2.24) is 20.4 Å². The molecule has 2 amide bonds. The summed E-state index contributed by atoms with van der Waals surface area (Å²) in [5.41, 5.74) is 1.16. The molecule has 0 saturated carbocycles. The average molecular weight is 445 g/mol. The summed E-state index contributed by atoms with van der Waals surface area (Å²) in [6.45, 7) is 0.595.